The van der Waals surface area contributed by atoms with Crippen molar-refractivity contribution in [3.05, 3.63) is 12.3 Å². The summed E-state index contributed by atoms with van der Waals surface area (Å²) >= 11 is 2.08. The molecule has 0 radical (unpaired) electrons. The molecule has 0 nitrogen and oxygen atoms in total. The summed E-state index contributed by atoms with van der Waals surface area (Å²) in [4.78, 5) is 0. The van der Waals surface area contributed by atoms with Gasteiger partial charge in [0.2, 0.25) is 0 Å². The average Bonchev–Trinajstić information content (AvgIpc) is 1.35. The van der Waals surface area contributed by atoms with Crippen LogP contribution in [0.1, 0.15) is 0 Å². The summed E-state index contributed by atoms with van der Waals surface area (Å²) in [5, 5.41) is 0. The smallest absolute Gasteiger partial charge is 1.00 e. The van der Waals surface area contributed by atoms with Crippen LogP contribution in [0.3, 0.4) is 0 Å². The molecule has 0 heterocycles. The van der Waals surface area contributed by atoms with Gasteiger partial charge in [-0.15, -0.1) is 0 Å². The predicted octanol–water partition coefficient (Wildman–Crippen LogP) is -1.91. The minimum absolute atomic E-state index is 0. The van der Waals surface area contributed by atoms with Gasteiger partial charge < -0.3 is 12.4 Å². The molecule has 0 spiro atoms. The molecule has 0 bridgehead atoms. The van der Waals surface area contributed by atoms with Crippen molar-refractivity contribution < 1.29 is 12.4 Å². The fourth-order valence-electron chi connectivity index (χ4n) is 0. The Morgan fingerprint density at radius 3 is 1.71 bits per heavy atom. The first kappa shape index (κ1) is 10.9. The maximum atomic E-state index is 3.70. The van der Waals surface area contributed by atoms with Gasteiger partial charge in [0, 0.05) is 0 Å². The first-order valence-corrected chi connectivity index (χ1v) is 7.46. The number of halogens is 1. The summed E-state index contributed by atoms with van der Waals surface area (Å²) in [7, 11) is 0. The first-order chi connectivity index (χ1) is 2.56. The zero-order valence-corrected chi connectivity index (χ0v) is 8.04. The molecule has 0 aliphatic rings. The molecule has 7 heavy (non-hydrogen) atoms. The van der Waals surface area contributed by atoms with Crippen molar-refractivity contribution >= 4 is 26.7 Å². The minimum atomic E-state index is -0.840. The fraction of sp³-hybridized carbons (Fsp3) is 0.500. The molecule has 0 aromatic rings. The first-order valence-electron chi connectivity index (χ1n) is 2.05. The number of hydrogen-bond acceptors (Lipinski definition) is 0. The predicted molar refractivity (Wildman–Crippen MR) is 33.4 cm³/mol. The quantitative estimate of drug-likeness (QED) is 0.377. The molecule has 0 atom stereocenters. The summed E-state index contributed by atoms with van der Waals surface area (Å²) in [6, 6.07) is 0. The van der Waals surface area contributed by atoms with Gasteiger partial charge in [0.05, 0.1) is 0 Å². The Morgan fingerprint density at radius 2 is 1.71 bits per heavy atom. The molecule has 0 rings (SSSR count). The molecule has 3 heteroatoms. The fourth-order valence-corrected chi connectivity index (χ4v) is 0. The van der Waals surface area contributed by atoms with Gasteiger partial charge in [-0.1, -0.05) is 0 Å². The van der Waals surface area contributed by atoms with Gasteiger partial charge in [-0.25, -0.2) is 0 Å². The van der Waals surface area contributed by atoms with Crippen LogP contribution in [0.2, 0.25) is 13.1 Å². The molecule has 0 saturated carbocycles. The van der Waals surface area contributed by atoms with Crippen LogP contribution in [-0.4, -0.2) is 26.7 Å². The Morgan fingerprint density at radius 1 is 1.57 bits per heavy atom. The summed E-state index contributed by atoms with van der Waals surface area (Å²) in [6.45, 7) is 8.25. The number of hydrogen-bond donors (Lipinski definition) is 0. The van der Waals surface area contributed by atoms with E-state index >= 15 is 0 Å². The molecule has 0 aliphatic carbocycles. The van der Waals surface area contributed by atoms with Crippen LogP contribution in [0, 0.1) is 0 Å². The van der Waals surface area contributed by atoms with E-state index in [0.29, 0.717) is 0 Å². The Bertz CT molecular complexity index is 57.2. The summed E-state index contributed by atoms with van der Waals surface area (Å²) < 4.78 is 0. The molecule has 0 amide bonds. The van der Waals surface area contributed by atoms with Crippen molar-refractivity contribution in [2.45, 2.75) is 13.1 Å². The molecule has 0 fully saturated rings. The maximum Gasteiger partial charge on any atom is -1.00 e. The van der Waals surface area contributed by atoms with Crippen LogP contribution in [0.15, 0.2) is 12.3 Å². The molecular weight excluding hydrogens is 136 g/mol. The van der Waals surface area contributed by atoms with Gasteiger partial charge >= 0.3 is 52.0 Å². The molecule has 0 aromatic heterocycles. The monoisotopic (exact) mass is 144 g/mol. The van der Waals surface area contributed by atoms with Crippen LogP contribution in [0.25, 0.3) is 0 Å². The van der Waals surface area contributed by atoms with Crippen molar-refractivity contribution in [1.29, 1.82) is 0 Å². The Hall–Kier alpha value is 1.01. The zero-order chi connectivity index (χ0) is 5.21. The zero-order valence-electron chi connectivity index (χ0n) is 4.87. The van der Waals surface area contributed by atoms with Crippen LogP contribution in [-0.2, 0) is 0 Å². The van der Waals surface area contributed by atoms with Gasteiger partial charge in [-0.3, -0.25) is 0 Å². The summed E-state index contributed by atoms with van der Waals surface area (Å²) in [5.41, 5.74) is 1.25. The SMILES string of the molecule is C=C[Si](C)(C)[Mg+].[Cl-]. The van der Waals surface area contributed by atoms with E-state index in [1.807, 2.05) is 0 Å². The van der Waals surface area contributed by atoms with Gasteiger partial charge in [0.25, 0.3) is 0 Å². The van der Waals surface area contributed by atoms with Crippen molar-refractivity contribution in [3.63, 3.8) is 0 Å². The van der Waals surface area contributed by atoms with Crippen LogP contribution in [0.5, 0.6) is 0 Å². The van der Waals surface area contributed by atoms with Gasteiger partial charge in [0.1, 0.15) is 0 Å². The minimum Gasteiger partial charge on any atom is -1.00 e. The average molecular weight is 145 g/mol. The van der Waals surface area contributed by atoms with Gasteiger partial charge in [0.15, 0.2) is 0 Å². The van der Waals surface area contributed by atoms with Crippen LogP contribution < -0.4 is 12.4 Å². The second-order valence-electron chi connectivity index (χ2n) is 2.19. The largest absolute Gasteiger partial charge is 1.00 e. The second-order valence-corrected chi connectivity index (χ2v) is 12.0. The van der Waals surface area contributed by atoms with Crippen molar-refractivity contribution in [2.24, 2.45) is 0 Å². The van der Waals surface area contributed by atoms with Crippen molar-refractivity contribution in [2.75, 3.05) is 0 Å². The second kappa shape index (κ2) is 3.95. The standard InChI is InChI=1S/C4H9Si.ClH.Mg/c1-4-5(2)3;;/h4H,1H2,2-3H3;1H;/q;;+1/p-1. The maximum absolute atomic E-state index is 3.70. The van der Waals surface area contributed by atoms with E-state index < -0.39 is 5.72 Å². The molecule has 0 saturated heterocycles. The van der Waals surface area contributed by atoms with Crippen molar-refractivity contribution in [3.8, 4) is 0 Å². The third kappa shape index (κ3) is 10.9. The number of rotatable bonds is 1. The van der Waals surface area contributed by atoms with Gasteiger partial charge in [-0.2, -0.15) is 0 Å². The van der Waals surface area contributed by atoms with E-state index in [9.17, 15) is 0 Å². The Kier molecular flexibility index (Phi) is 6.15. The van der Waals surface area contributed by atoms with E-state index in [2.05, 4.69) is 46.3 Å². The third-order valence-corrected chi connectivity index (χ3v) is 2.52. The Labute approximate surface area is 64.4 Å². The van der Waals surface area contributed by atoms with E-state index in [4.69, 9.17) is 0 Å². The topological polar surface area (TPSA) is 0 Å². The van der Waals surface area contributed by atoms with E-state index in [1.54, 1.807) is 0 Å². The summed E-state index contributed by atoms with van der Waals surface area (Å²) in [6.07, 6.45) is 0. The van der Waals surface area contributed by atoms with Crippen LogP contribution in [0.4, 0.5) is 0 Å². The molecule has 0 N–H and O–H groups in total. The van der Waals surface area contributed by atoms with Crippen molar-refractivity contribution in [1.82, 2.24) is 0 Å². The molecule has 0 unspecified atom stereocenters. The molecule has 0 aliphatic heterocycles. The normalized spacial score (nSPS) is 9.71. The molecular formula is C4H9ClMgSi. The summed E-state index contributed by atoms with van der Waals surface area (Å²) in [5.74, 6) is 0. The van der Waals surface area contributed by atoms with E-state index in [-0.39, 0.29) is 12.4 Å². The van der Waals surface area contributed by atoms with Crippen LogP contribution >= 0.6 is 0 Å². The third-order valence-electron chi connectivity index (χ3n) is 0.553. The molecule has 0 aromatic carbocycles. The Balaban J connectivity index is 0. The van der Waals surface area contributed by atoms with E-state index in [1.165, 1.54) is 0 Å². The van der Waals surface area contributed by atoms with Gasteiger partial charge in [-0.05, 0) is 0 Å². The van der Waals surface area contributed by atoms with E-state index in [0.717, 1.165) is 0 Å². The molecule has 38 valence electrons.